The summed E-state index contributed by atoms with van der Waals surface area (Å²) in [4.78, 5) is 0. The van der Waals surface area contributed by atoms with Crippen LogP contribution in [-0.4, -0.2) is 21.5 Å². The van der Waals surface area contributed by atoms with E-state index in [1.54, 1.807) is 0 Å². The lowest BCUT2D eigenvalue weighted by Gasteiger charge is -1.99. The van der Waals surface area contributed by atoms with Gasteiger partial charge in [-0.05, 0) is 12.8 Å². The smallest absolute Gasteiger partial charge is 0.271 e. The Morgan fingerprint density at radius 2 is 2.10 bits per heavy atom. The van der Waals surface area contributed by atoms with E-state index < -0.39 is 5.95 Å². The lowest BCUT2D eigenvalue weighted by atomic mass is 10.2. The Labute approximate surface area is 70.1 Å². The van der Waals surface area contributed by atoms with Crippen molar-refractivity contribution in [1.29, 1.82) is 0 Å². The van der Waals surface area contributed by atoms with Crippen LogP contribution in [0.5, 0.6) is 0 Å². The van der Waals surface area contributed by atoms with Gasteiger partial charge in [0.25, 0.3) is 5.95 Å². The van der Waals surface area contributed by atoms with Crippen LogP contribution in [0.15, 0.2) is 12.0 Å². The Hall–Kier alpha value is -0.0800. The van der Waals surface area contributed by atoms with Crippen molar-refractivity contribution < 1.29 is 10.2 Å². The summed E-state index contributed by atoms with van der Waals surface area (Å²) in [7, 11) is 0. The molecule has 0 aromatic carbocycles. The lowest BCUT2D eigenvalue weighted by molar-refractivity contribution is 0.189. The third-order valence-corrected chi connectivity index (χ3v) is 1.55. The van der Waals surface area contributed by atoms with E-state index in [4.69, 9.17) is 33.4 Å². The van der Waals surface area contributed by atoms with Gasteiger partial charge in [0.1, 0.15) is 0 Å². The second-order valence-corrected chi connectivity index (χ2v) is 2.81. The highest BCUT2D eigenvalue weighted by Gasteiger charge is 2.00. The molecular formula is C6H10Cl2O2. The molecule has 4 heteroatoms. The highest BCUT2D eigenvalue weighted by atomic mass is 35.5. The van der Waals surface area contributed by atoms with Crippen LogP contribution in [0.1, 0.15) is 12.8 Å². The second kappa shape index (κ2) is 5.69. The molecule has 0 aliphatic heterocycles. The van der Waals surface area contributed by atoms with Crippen molar-refractivity contribution in [2.75, 3.05) is 5.88 Å². The molecule has 0 saturated carbocycles. The fourth-order valence-electron chi connectivity index (χ4n) is 0.517. The lowest BCUT2D eigenvalue weighted by Crippen LogP contribution is -1.95. The van der Waals surface area contributed by atoms with Gasteiger partial charge in [0.2, 0.25) is 0 Å². The Morgan fingerprint density at radius 1 is 1.50 bits per heavy atom. The minimum Gasteiger partial charge on any atom is -0.481 e. The van der Waals surface area contributed by atoms with Crippen LogP contribution in [0.4, 0.5) is 0 Å². The van der Waals surface area contributed by atoms with Crippen LogP contribution in [0, 0.1) is 0 Å². The van der Waals surface area contributed by atoms with Gasteiger partial charge in [0, 0.05) is 12.0 Å². The van der Waals surface area contributed by atoms with Gasteiger partial charge in [-0.2, -0.15) is 0 Å². The Morgan fingerprint density at radius 3 is 2.50 bits per heavy atom. The second-order valence-electron chi connectivity index (χ2n) is 1.87. The zero-order valence-corrected chi connectivity index (χ0v) is 6.94. The summed E-state index contributed by atoms with van der Waals surface area (Å²) < 4.78 is 0. The maximum absolute atomic E-state index is 8.32. The summed E-state index contributed by atoms with van der Waals surface area (Å²) in [6, 6.07) is 0. The summed E-state index contributed by atoms with van der Waals surface area (Å²) in [5.41, 5.74) is 0. The normalized spacial score (nSPS) is 12.6. The quantitative estimate of drug-likeness (QED) is 0.521. The molecule has 0 radical (unpaired) electrons. The topological polar surface area (TPSA) is 40.5 Å². The summed E-state index contributed by atoms with van der Waals surface area (Å²) in [6.45, 7) is 0. The van der Waals surface area contributed by atoms with E-state index in [2.05, 4.69) is 0 Å². The van der Waals surface area contributed by atoms with Crippen LogP contribution in [0.2, 0.25) is 0 Å². The van der Waals surface area contributed by atoms with Gasteiger partial charge in [-0.3, -0.25) is 0 Å². The van der Waals surface area contributed by atoms with Crippen LogP contribution >= 0.6 is 23.2 Å². The molecule has 60 valence electrons. The first kappa shape index (κ1) is 9.92. The fraction of sp³-hybridized carbons (Fsp3) is 0.667. The molecule has 0 aliphatic carbocycles. The number of halogens is 2. The van der Waals surface area contributed by atoms with Gasteiger partial charge in [-0.1, -0.05) is 0 Å². The molecule has 0 aliphatic rings. The highest BCUT2D eigenvalue weighted by Crippen LogP contribution is 2.08. The molecule has 0 aromatic rings. The zero-order valence-electron chi connectivity index (χ0n) is 5.43. The van der Waals surface area contributed by atoms with E-state index in [-0.39, 0.29) is 5.38 Å². The first-order valence-electron chi connectivity index (χ1n) is 2.96. The molecule has 0 amide bonds. The molecule has 0 rings (SSSR count). The molecule has 0 heterocycles. The maximum atomic E-state index is 8.32. The molecule has 0 fully saturated rings. The van der Waals surface area contributed by atoms with E-state index in [0.717, 1.165) is 6.42 Å². The average Bonchev–Trinajstić information content (AvgIpc) is 1.82. The van der Waals surface area contributed by atoms with Crippen molar-refractivity contribution >= 4 is 23.2 Å². The molecule has 0 bridgehead atoms. The monoisotopic (exact) mass is 184 g/mol. The average molecular weight is 185 g/mol. The predicted molar refractivity (Wildman–Crippen MR) is 42.9 cm³/mol. The SMILES string of the molecule is OC(O)=CC(Cl)CCCCl. The summed E-state index contributed by atoms with van der Waals surface area (Å²) in [5.74, 6) is -0.182. The van der Waals surface area contributed by atoms with Gasteiger partial charge in [-0.25, -0.2) is 0 Å². The number of aliphatic hydroxyl groups is 2. The first-order chi connectivity index (χ1) is 4.66. The van der Waals surface area contributed by atoms with Crippen LogP contribution in [-0.2, 0) is 0 Å². The van der Waals surface area contributed by atoms with E-state index in [1.165, 1.54) is 6.08 Å². The molecule has 0 spiro atoms. The highest BCUT2D eigenvalue weighted by molar-refractivity contribution is 6.22. The van der Waals surface area contributed by atoms with Crippen molar-refractivity contribution in [1.82, 2.24) is 0 Å². The molecule has 0 aromatic heterocycles. The summed E-state index contributed by atoms with van der Waals surface area (Å²) in [5, 5.41) is 16.3. The molecule has 1 atom stereocenters. The van der Waals surface area contributed by atoms with Crippen molar-refractivity contribution in [3.8, 4) is 0 Å². The van der Waals surface area contributed by atoms with E-state index in [1.807, 2.05) is 0 Å². The van der Waals surface area contributed by atoms with Gasteiger partial charge < -0.3 is 10.2 Å². The zero-order chi connectivity index (χ0) is 7.98. The minimum absolute atomic E-state index is 0.330. The standard InChI is InChI=1S/C6H10Cl2O2/c7-3-1-2-5(8)4-6(9)10/h4-5,9-10H,1-3H2. The number of allylic oxidation sites excluding steroid dienone is 1. The predicted octanol–water partition coefficient (Wildman–Crippen LogP) is 2.57. The van der Waals surface area contributed by atoms with E-state index in [9.17, 15) is 0 Å². The van der Waals surface area contributed by atoms with Crippen LogP contribution in [0.3, 0.4) is 0 Å². The number of hydrogen-bond donors (Lipinski definition) is 2. The molecule has 10 heavy (non-hydrogen) atoms. The largest absolute Gasteiger partial charge is 0.481 e. The van der Waals surface area contributed by atoms with Crippen LogP contribution in [0.25, 0.3) is 0 Å². The minimum atomic E-state index is -0.727. The van der Waals surface area contributed by atoms with Gasteiger partial charge in [0.15, 0.2) is 0 Å². The summed E-state index contributed by atoms with van der Waals surface area (Å²) in [6.07, 6.45) is 2.61. The molecule has 2 nitrogen and oxygen atoms in total. The first-order valence-corrected chi connectivity index (χ1v) is 3.93. The fourth-order valence-corrected chi connectivity index (χ4v) is 0.939. The Kier molecular flexibility index (Phi) is 5.64. The number of aliphatic hydroxyl groups excluding tert-OH is 1. The number of rotatable bonds is 4. The van der Waals surface area contributed by atoms with Crippen molar-refractivity contribution in [2.45, 2.75) is 18.2 Å². The van der Waals surface area contributed by atoms with Crippen molar-refractivity contribution in [3.63, 3.8) is 0 Å². The van der Waals surface area contributed by atoms with Gasteiger partial charge >= 0.3 is 0 Å². The molecule has 2 N–H and O–H groups in total. The Bertz CT molecular complexity index is 110. The third-order valence-electron chi connectivity index (χ3n) is 0.943. The van der Waals surface area contributed by atoms with Crippen molar-refractivity contribution in [2.24, 2.45) is 0 Å². The van der Waals surface area contributed by atoms with Crippen LogP contribution < -0.4 is 0 Å². The number of alkyl halides is 2. The molecule has 1 unspecified atom stereocenters. The summed E-state index contributed by atoms with van der Waals surface area (Å²) >= 11 is 11.0. The molecule has 0 saturated heterocycles. The Balaban J connectivity index is 3.43. The van der Waals surface area contributed by atoms with Crippen molar-refractivity contribution in [3.05, 3.63) is 12.0 Å². The van der Waals surface area contributed by atoms with Gasteiger partial charge in [-0.15, -0.1) is 23.2 Å². The van der Waals surface area contributed by atoms with E-state index in [0.29, 0.717) is 12.3 Å². The molecular weight excluding hydrogens is 175 g/mol. The van der Waals surface area contributed by atoms with E-state index >= 15 is 0 Å². The maximum Gasteiger partial charge on any atom is 0.271 e. The number of hydrogen-bond acceptors (Lipinski definition) is 2. The van der Waals surface area contributed by atoms with Gasteiger partial charge in [0.05, 0.1) is 5.38 Å². The third kappa shape index (κ3) is 6.05.